The van der Waals surface area contributed by atoms with E-state index in [1.807, 2.05) is 0 Å². The van der Waals surface area contributed by atoms with Crippen LogP contribution in [0.4, 0.5) is 0 Å². The van der Waals surface area contributed by atoms with Crippen molar-refractivity contribution < 1.29 is 132 Å². The molecule has 1 saturated carbocycles. The zero-order valence-electron chi connectivity index (χ0n) is 22.3. The highest BCUT2D eigenvalue weighted by Gasteiger charge is 2.96. The van der Waals surface area contributed by atoms with Crippen molar-refractivity contribution in [2.75, 3.05) is 0 Å². The minimum absolute atomic E-state index is 0.238. The fraction of sp³-hybridized carbons (Fsp3) is 0.650. The van der Waals surface area contributed by atoms with Crippen molar-refractivity contribution in [3.8, 4) is 11.5 Å². The van der Waals surface area contributed by atoms with Gasteiger partial charge in [-0.2, -0.15) is 4.90 Å². The number of Topliss-reactive ketones (excluding diaryl/α,β-unsaturated/α-hetero) is 1. The van der Waals surface area contributed by atoms with Gasteiger partial charge in [0.15, 0.2) is 17.2 Å². The first kappa shape index (κ1) is 37.4. The summed E-state index contributed by atoms with van der Waals surface area (Å²) in [6.07, 6.45) is -11.6. The van der Waals surface area contributed by atoms with Gasteiger partial charge in [-0.05, 0) is 12.1 Å². The first-order valence-electron chi connectivity index (χ1n) is 11.9. The van der Waals surface area contributed by atoms with Gasteiger partial charge in [-0.25, -0.2) is 0 Å². The summed E-state index contributed by atoms with van der Waals surface area (Å²) >= 11 is 0. The third-order valence-corrected chi connectivity index (χ3v) is 8.08. The largest absolute Gasteiger partial charge is 0.453 e. The lowest BCUT2D eigenvalue weighted by Gasteiger charge is -2.72. The van der Waals surface area contributed by atoms with Gasteiger partial charge in [0.05, 0.1) is 6.42 Å². The molecule has 2 heterocycles. The number of carbonyl (C=O) groups is 1. The molecule has 47 heavy (non-hydrogen) atoms. The van der Waals surface area contributed by atoms with Gasteiger partial charge in [0.2, 0.25) is 28.7 Å². The molecule has 4 rings (SSSR count). The zero-order chi connectivity index (χ0) is 37.0. The summed E-state index contributed by atoms with van der Waals surface area (Å²) in [4.78, 5) is 12.1. The summed E-state index contributed by atoms with van der Waals surface area (Å²) in [5, 5.41) is 238. The third-order valence-electron chi connectivity index (χ3n) is 8.08. The van der Waals surface area contributed by atoms with E-state index in [1.165, 1.54) is 0 Å². The van der Waals surface area contributed by atoms with Crippen LogP contribution >= 0.6 is 0 Å². The molecule has 4 atom stereocenters. The number of hydrogen-bond donors (Lipinski definition) is 23. The highest BCUT2D eigenvalue weighted by Crippen LogP contribution is 2.66. The number of ether oxygens (including phenoxy) is 2. The lowest BCUT2D eigenvalue weighted by atomic mass is 9.53. The quantitative estimate of drug-likeness (QED) is 0.127. The molecular formula is C20H27NO26. The number of piperidine rings is 1. The van der Waals surface area contributed by atoms with Crippen LogP contribution in [0.15, 0.2) is 12.1 Å². The van der Waals surface area contributed by atoms with Crippen molar-refractivity contribution >= 4 is 5.78 Å². The maximum absolute atomic E-state index is 13.6. The molecule has 4 unspecified atom stereocenters. The molecule has 3 aliphatic rings. The summed E-state index contributed by atoms with van der Waals surface area (Å²) in [6, 6.07) is -0.521. The molecule has 0 bridgehead atoms. The predicted octanol–water partition coefficient (Wildman–Crippen LogP) is -14.3. The Morgan fingerprint density at radius 2 is 1.02 bits per heavy atom. The Labute approximate surface area is 254 Å². The van der Waals surface area contributed by atoms with Gasteiger partial charge in [0.1, 0.15) is 0 Å². The lowest BCUT2D eigenvalue weighted by Crippen LogP contribution is -3.01. The molecule has 1 saturated heterocycles. The first-order valence-corrected chi connectivity index (χ1v) is 11.9. The number of rotatable bonds is 5. The van der Waals surface area contributed by atoms with Gasteiger partial charge in [-0.3, -0.25) is 4.79 Å². The molecule has 27 heteroatoms. The van der Waals surface area contributed by atoms with Gasteiger partial charge in [0.25, 0.3) is 23.1 Å². The zero-order valence-corrected chi connectivity index (χ0v) is 22.3. The maximum Gasteiger partial charge on any atom is 0.453 e. The lowest BCUT2D eigenvalue weighted by molar-refractivity contribution is -0.589. The Hall–Kier alpha value is -2.47. The minimum Gasteiger partial charge on any atom is -0.413 e. The summed E-state index contributed by atoms with van der Waals surface area (Å²) in [5.74, 6) is -38.2. The van der Waals surface area contributed by atoms with E-state index in [-0.39, 0.29) is 12.1 Å². The average Bonchev–Trinajstić information content (AvgIpc) is 2.82. The number of carbonyl (C=O) groups excluding carboxylic acids is 1. The Balaban J connectivity index is 2.23. The fourth-order valence-corrected chi connectivity index (χ4v) is 6.06. The van der Waals surface area contributed by atoms with E-state index in [0.717, 1.165) is 0 Å². The summed E-state index contributed by atoms with van der Waals surface area (Å²) in [7, 11) is 0. The van der Waals surface area contributed by atoms with Crippen molar-refractivity contribution in [1.82, 2.24) is 4.90 Å². The van der Waals surface area contributed by atoms with Crippen molar-refractivity contribution in [3.63, 3.8) is 0 Å². The second-order valence-electron chi connectivity index (χ2n) is 11.1. The van der Waals surface area contributed by atoms with Crippen LogP contribution in [0, 0.1) is 0 Å². The molecule has 0 aromatic heterocycles. The average molecular weight is 697 g/mol. The predicted molar refractivity (Wildman–Crippen MR) is 121 cm³/mol. The van der Waals surface area contributed by atoms with E-state index >= 15 is 0 Å². The third kappa shape index (κ3) is 4.15. The first-order chi connectivity index (χ1) is 20.4. The minimum atomic E-state index is -5.73. The van der Waals surface area contributed by atoms with Crippen molar-refractivity contribution in [1.29, 1.82) is 0 Å². The van der Waals surface area contributed by atoms with Crippen LogP contribution in [-0.4, -0.2) is 187 Å². The molecule has 1 aliphatic carbocycles. The standard InChI is InChI=1S/C20H27NO26/c22-8-11(26)9(23,3-10(24,25)15(32,16(11,33)34)18(37,38)39)21-12(27,14(8,30)31)4-1-6(46-19(40,41)42)7(47-20(43,44)45)2-5(4)13(28,29)17(21,35)36/h1-2,23-45H,3H2. The Morgan fingerprint density at radius 1 is 0.617 bits per heavy atom. The highest BCUT2D eigenvalue weighted by molar-refractivity contribution is 5.98. The highest BCUT2D eigenvalue weighted by atomic mass is 16.9. The van der Waals surface area contributed by atoms with Crippen LogP contribution in [0.3, 0.4) is 0 Å². The Bertz CT molecular complexity index is 1500. The number of benzene rings is 1. The van der Waals surface area contributed by atoms with Crippen LogP contribution in [0.5, 0.6) is 11.5 Å². The second-order valence-corrected chi connectivity index (χ2v) is 11.1. The van der Waals surface area contributed by atoms with Gasteiger partial charge < -0.3 is 127 Å². The van der Waals surface area contributed by atoms with Crippen molar-refractivity contribution in [2.24, 2.45) is 0 Å². The molecule has 1 aromatic rings. The Kier molecular flexibility index (Phi) is 7.31. The number of aliphatic hydroxyl groups is 23. The molecule has 0 spiro atoms. The fourth-order valence-electron chi connectivity index (χ4n) is 6.06. The van der Waals surface area contributed by atoms with Gasteiger partial charge in [0, 0.05) is 11.1 Å². The molecule has 2 aliphatic heterocycles. The molecule has 27 nitrogen and oxygen atoms in total. The number of fused-ring (bicyclic) bond motifs is 5. The monoisotopic (exact) mass is 697 g/mol. The molecular weight excluding hydrogens is 670 g/mol. The van der Waals surface area contributed by atoms with Crippen molar-refractivity contribution in [3.05, 3.63) is 23.3 Å². The smallest absolute Gasteiger partial charge is 0.413 e. The molecule has 0 radical (unpaired) electrons. The van der Waals surface area contributed by atoms with E-state index in [0.29, 0.717) is 0 Å². The SMILES string of the molecule is O=C1C(O)(O)C2(O)c3cc(OC(O)(O)O)c(OC(O)(O)O)cc3C(O)(O)C(O)(O)N2C2(O)CC(O)(O)C(O)(C(O)(O)O)C(O)(O)C12O. The van der Waals surface area contributed by atoms with Gasteiger partial charge in [-0.15, -0.1) is 0 Å². The van der Waals surface area contributed by atoms with Gasteiger partial charge >= 0.3 is 18.3 Å². The number of nitrogens with zero attached hydrogens (tertiary/aromatic N) is 1. The van der Waals surface area contributed by atoms with E-state index in [9.17, 15) is 122 Å². The van der Waals surface area contributed by atoms with Crippen LogP contribution < -0.4 is 9.47 Å². The number of hydrogen-bond acceptors (Lipinski definition) is 27. The van der Waals surface area contributed by atoms with Crippen LogP contribution in [-0.2, 0) is 16.3 Å². The summed E-state index contributed by atoms with van der Waals surface area (Å²) in [5.41, 5.74) is -24.7. The van der Waals surface area contributed by atoms with E-state index in [1.54, 1.807) is 0 Å². The molecule has 268 valence electrons. The molecule has 1 aromatic carbocycles. The van der Waals surface area contributed by atoms with Crippen LogP contribution in [0.2, 0.25) is 0 Å². The van der Waals surface area contributed by atoms with E-state index < -0.39 is 110 Å². The van der Waals surface area contributed by atoms with Gasteiger partial charge in [-0.1, -0.05) is 0 Å². The Morgan fingerprint density at radius 3 is 1.40 bits per heavy atom. The van der Waals surface area contributed by atoms with E-state index in [4.69, 9.17) is 0 Å². The molecule has 0 amide bonds. The van der Waals surface area contributed by atoms with Crippen molar-refractivity contribution in [2.45, 2.75) is 76.4 Å². The van der Waals surface area contributed by atoms with Crippen LogP contribution in [0.1, 0.15) is 17.5 Å². The molecule has 2 fully saturated rings. The van der Waals surface area contributed by atoms with Crippen LogP contribution in [0.25, 0.3) is 0 Å². The second kappa shape index (κ2) is 9.20. The maximum atomic E-state index is 13.6. The number of ketones is 1. The topological polar surface area (TPSA) is 504 Å². The summed E-state index contributed by atoms with van der Waals surface area (Å²) < 4.78 is 8.22. The molecule has 23 N–H and O–H groups in total. The summed E-state index contributed by atoms with van der Waals surface area (Å²) in [6.45, 7) is 0. The van der Waals surface area contributed by atoms with E-state index in [2.05, 4.69) is 9.47 Å². The normalized spacial score (nSPS) is 35.8.